The van der Waals surface area contributed by atoms with Gasteiger partial charge in [0.1, 0.15) is 11.6 Å². The van der Waals surface area contributed by atoms with Gasteiger partial charge < -0.3 is 0 Å². The molecule has 3 aromatic rings. The minimum Gasteiger partial charge on any atom is -0.268 e. The molecule has 0 saturated carbocycles. The predicted molar refractivity (Wildman–Crippen MR) is 87.1 cm³/mol. The van der Waals surface area contributed by atoms with Gasteiger partial charge in [0.15, 0.2) is 0 Å². The largest absolute Gasteiger partial charge is 0.268 e. The predicted octanol–water partition coefficient (Wildman–Crippen LogP) is 4.46. The summed E-state index contributed by atoms with van der Waals surface area (Å²) in [5.74, 6) is -0.507. The highest BCUT2D eigenvalue weighted by Gasteiger charge is 2.10. The maximum Gasteiger partial charge on any atom is 0.127 e. The Kier molecular flexibility index (Phi) is 4.24. The van der Waals surface area contributed by atoms with Gasteiger partial charge in [0.05, 0.1) is 11.4 Å². The van der Waals surface area contributed by atoms with Crippen molar-refractivity contribution < 1.29 is 8.78 Å². The number of hydrogen-bond acceptors (Lipinski definition) is 1. The van der Waals surface area contributed by atoms with Crippen molar-refractivity contribution in [2.45, 2.75) is 19.8 Å². The standard InChI is InChI=1S/C19H18F2N2/c1-13-11-19(23(2)22-13)16-10-9-15(18(21)12-16)8-7-14-5-3-4-6-17(14)20/h3-6,9-12H,7-8H2,1-2H3. The summed E-state index contributed by atoms with van der Waals surface area (Å²) in [6, 6.07) is 13.7. The van der Waals surface area contributed by atoms with Crippen LogP contribution in [0.5, 0.6) is 0 Å². The molecule has 0 atom stereocenters. The molecule has 0 aliphatic heterocycles. The van der Waals surface area contributed by atoms with E-state index in [2.05, 4.69) is 5.10 Å². The first-order valence-electron chi connectivity index (χ1n) is 7.57. The van der Waals surface area contributed by atoms with Crippen LogP contribution in [0.2, 0.25) is 0 Å². The van der Waals surface area contributed by atoms with Gasteiger partial charge in [-0.1, -0.05) is 30.3 Å². The third-order valence-electron chi connectivity index (χ3n) is 3.97. The minimum absolute atomic E-state index is 0.241. The Balaban J connectivity index is 1.80. The van der Waals surface area contributed by atoms with E-state index in [-0.39, 0.29) is 11.6 Å². The molecule has 2 nitrogen and oxygen atoms in total. The highest BCUT2D eigenvalue weighted by molar-refractivity contribution is 5.60. The van der Waals surface area contributed by atoms with E-state index in [1.165, 1.54) is 12.1 Å². The van der Waals surface area contributed by atoms with Crippen LogP contribution in [0.3, 0.4) is 0 Å². The second-order valence-corrected chi connectivity index (χ2v) is 5.69. The van der Waals surface area contributed by atoms with Crippen molar-refractivity contribution in [2.75, 3.05) is 0 Å². The third-order valence-corrected chi connectivity index (χ3v) is 3.97. The van der Waals surface area contributed by atoms with Crippen LogP contribution in [0, 0.1) is 18.6 Å². The van der Waals surface area contributed by atoms with Crippen molar-refractivity contribution in [3.8, 4) is 11.3 Å². The Labute approximate surface area is 134 Å². The van der Waals surface area contributed by atoms with Crippen LogP contribution in [0.15, 0.2) is 48.5 Å². The van der Waals surface area contributed by atoms with Crippen LogP contribution in [-0.2, 0) is 19.9 Å². The summed E-state index contributed by atoms with van der Waals surface area (Å²) in [6.45, 7) is 1.91. The molecule has 0 radical (unpaired) electrons. The summed E-state index contributed by atoms with van der Waals surface area (Å²) >= 11 is 0. The van der Waals surface area contributed by atoms with Crippen LogP contribution < -0.4 is 0 Å². The minimum atomic E-state index is -0.266. The summed E-state index contributed by atoms with van der Waals surface area (Å²) in [4.78, 5) is 0. The Morgan fingerprint density at radius 1 is 0.913 bits per heavy atom. The molecule has 3 rings (SSSR count). The molecule has 1 heterocycles. The zero-order valence-electron chi connectivity index (χ0n) is 13.2. The van der Waals surface area contributed by atoms with Crippen LogP contribution in [0.4, 0.5) is 8.78 Å². The summed E-state index contributed by atoms with van der Waals surface area (Å²) in [6.07, 6.45) is 0.950. The molecule has 1 aromatic heterocycles. The van der Waals surface area contributed by atoms with E-state index >= 15 is 0 Å². The normalized spacial score (nSPS) is 11.0. The number of halogens is 2. The van der Waals surface area contributed by atoms with Crippen molar-refractivity contribution in [3.63, 3.8) is 0 Å². The van der Waals surface area contributed by atoms with E-state index in [1.54, 1.807) is 28.9 Å². The lowest BCUT2D eigenvalue weighted by Gasteiger charge is -2.07. The van der Waals surface area contributed by atoms with Gasteiger partial charge >= 0.3 is 0 Å². The third kappa shape index (κ3) is 3.31. The lowest BCUT2D eigenvalue weighted by atomic mass is 10.0. The van der Waals surface area contributed by atoms with Gasteiger partial charge in [-0.25, -0.2) is 8.78 Å². The lowest BCUT2D eigenvalue weighted by molar-refractivity contribution is 0.595. The van der Waals surface area contributed by atoms with E-state index < -0.39 is 0 Å². The Hall–Kier alpha value is -2.49. The van der Waals surface area contributed by atoms with Crippen LogP contribution in [0.25, 0.3) is 11.3 Å². The zero-order valence-corrected chi connectivity index (χ0v) is 13.2. The SMILES string of the molecule is Cc1cc(-c2ccc(CCc3ccccc3F)c(F)c2)n(C)n1. The molecule has 0 unspecified atom stereocenters. The maximum absolute atomic E-state index is 14.4. The van der Waals surface area contributed by atoms with Crippen molar-refractivity contribution >= 4 is 0 Å². The van der Waals surface area contributed by atoms with Crippen LogP contribution in [0.1, 0.15) is 16.8 Å². The average molecular weight is 312 g/mol. The Bertz CT molecular complexity index is 837. The summed E-state index contributed by atoms with van der Waals surface area (Å²) in [5.41, 5.74) is 3.77. The molecule has 0 fully saturated rings. The van der Waals surface area contributed by atoms with Crippen LogP contribution in [-0.4, -0.2) is 9.78 Å². The van der Waals surface area contributed by atoms with Gasteiger partial charge in [-0.15, -0.1) is 0 Å². The molecule has 118 valence electrons. The summed E-state index contributed by atoms with van der Waals surface area (Å²) in [5, 5.41) is 4.28. The van der Waals surface area contributed by atoms with E-state index in [9.17, 15) is 8.78 Å². The Morgan fingerprint density at radius 3 is 2.22 bits per heavy atom. The van der Waals surface area contributed by atoms with E-state index in [0.29, 0.717) is 24.0 Å². The number of nitrogens with zero attached hydrogens (tertiary/aromatic N) is 2. The fourth-order valence-corrected chi connectivity index (χ4v) is 2.76. The molecule has 4 heteroatoms. The fraction of sp³-hybridized carbons (Fsp3) is 0.211. The van der Waals surface area contributed by atoms with Gasteiger partial charge in [-0.05, 0) is 49.1 Å². The molecule has 0 saturated heterocycles. The first-order chi connectivity index (χ1) is 11.0. The molecular formula is C19H18F2N2. The van der Waals surface area contributed by atoms with Gasteiger partial charge in [-0.2, -0.15) is 5.10 Å². The zero-order chi connectivity index (χ0) is 16.4. The van der Waals surface area contributed by atoms with Gasteiger partial charge in [0, 0.05) is 12.6 Å². The average Bonchev–Trinajstić information content (AvgIpc) is 2.86. The van der Waals surface area contributed by atoms with E-state index in [1.807, 2.05) is 26.1 Å². The van der Waals surface area contributed by atoms with Crippen LogP contribution >= 0.6 is 0 Å². The number of aromatic nitrogens is 2. The number of hydrogen-bond donors (Lipinski definition) is 0. The molecule has 23 heavy (non-hydrogen) atoms. The Morgan fingerprint density at radius 2 is 1.61 bits per heavy atom. The summed E-state index contributed by atoms with van der Waals surface area (Å²) in [7, 11) is 1.84. The van der Waals surface area contributed by atoms with Crippen molar-refractivity contribution in [1.29, 1.82) is 0 Å². The number of benzene rings is 2. The smallest absolute Gasteiger partial charge is 0.127 e. The highest BCUT2D eigenvalue weighted by Crippen LogP contribution is 2.23. The monoisotopic (exact) mass is 312 g/mol. The van der Waals surface area contributed by atoms with Crippen molar-refractivity contribution in [1.82, 2.24) is 9.78 Å². The summed E-state index contributed by atoms with van der Waals surface area (Å²) < 4.78 is 29.7. The quantitative estimate of drug-likeness (QED) is 0.695. The highest BCUT2D eigenvalue weighted by atomic mass is 19.1. The van der Waals surface area contributed by atoms with Crippen molar-refractivity contribution in [3.05, 3.63) is 77.0 Å². The van der Waals surface area contributed by atoms with Gasteiger partial charge in [-0.3, -0.25) is 4.68 Å². The second kappa shape index (κ2) is 6.32. The number of rotatable bonds is 4. The second-order valence-electron chi connectivity index (χ2n) is 5.69. The molecule has 0 aliphatic carbocycles. The van der Waals surface area contributed by atoms with E-state index in [4.69, 9.17) is 0 Å². The number of aryl methyl sites for hydroxylation is 4. The first-order valence-corrected chi connectivity index (χ1v) is 7.57. The molecule has 0 spiro atoms. The molecule has 0 amide bonds. The van der Waals surface area contributed by atoms with E-state index in [0.717, 1.165) is 17.0 Å². The topological polar surface area (TPSA) is 17.8 Å². The fourth-order valence-electron chi connectivity index (χ4n) is 2.76. The van der Waals surface area contributed by atoms with Crippen molar-refractivity contribution in [2.24, 2.45) is 7.05 Å². The molecule has 0 bridgehead atoms. The molecular weight excluding hydrogens is 294 g/mol. The molecule has 2 aromatic carbocycles. The van der Waals surface area contributed by atoms with Gasteiger partial charge in [0.2, 0.25) is 0 Å². The molecule has 0 N–H and O–H groups in total. The first kappa shape index (κ1) is 15.4. The van der Waals surface area contributed by atoms with Gasteiger partial charge in [0.25, 0.3) is 0 Å². The maximum atomic E-state index is 14.4. The lowest BCUT2D eigenvalue weighted by Crippen LogP contribution is -1.99. The molecule has 0 aliphatic rings.